The second-order valence-electron chi connectivity index (χ2n) is 10.5. The first-order valence-electron chi connectivity index (χ1n) is 14.0. The van der Waals surface area contributed by atoms with Gasteiger partial charge in [-0.15, -0.1) is 0 Å². The number of amides is 1. The number of likely N-dealkylation sites (N-methyl/N-ethyl adjacent to an activating group) is 1. The van der Waals surface area contributed by atoms with E-state index >= 15 is 0 Å². The summed E-state index contributed by atoms with van der Waals surface area (Å²) in [5.74, 6) is 2.70. The Morgan fingerprint density at radius 2 is 1.87 bits per heavy atom. The Labute approximate surface area is 239 Å². The third-order valence-electron chi connectivity index (χ3n) is 7.44. The van der Waals surface area contributed by atoms with Crippen molar-refractivity contribution in [2.24, 2.45) is 10.9 Å². The van der Waals surface area contributed by atoms with E-state index in [0.29, 0.717) is 42.8 Å². The van der Waals surface area contributed by atoms with Crippen molar-refractivity contribution in [2.75, 3.05) is 27.2 Å². The highest BCUT2D eigenvalue weighted by molar-refractivity contribution is 7.07. The lowest BCUT2D eigenvalue weighted by Gasteiger charge is -2.23. The average molecular weight is 552 g/mol. The second-order valence-corrected chi connectivity index (χ2v) is 11.2. The van der Waals surface area contributed by atoms with E-state index in [2.05, 4.69) is 54.7 Å². The van der Waals surface area contributed by atoms with E-state index in [1.807, 2.05) is 42.0 Å². The third kappa shape index (κ3) is 8.72. The molecule has 39 heavy (non-hydrogen) atoms. The van der Waals surface area contributed by atoms with Crippen LogP contribution >= 0.6 is 11.3 Å². The van der Waals surface area contributed by atoms with Crippen LogP contribution in [0.5, 0.6) is 5.75 Å². The predicted molar refractivity (Wildman–Crippen MR) is 162 cm³/mol. The van der Waals surface area contributed by atoms with Gasteiger partial charge < -0.3 is 19.3 Å². The molecule has 2 heterocycles. The number of aliphatic imine (C=N–C) groups is 1. The van der Waals surface area contributed by atoms with Gasteiger partial charge in [0.2, 0.25) is 0 Å². The monoisotopic (exact) mass is 551 g/mol. The molecular formula is C32H45N3O3S. The fraction of sp³-hybridized carbons (Fsp3) is 0.500. The molecule has 3 rings (SSSR count). The van der Waals surface area contributed by atoms with E-state index in [1.54, 1.807) is 25.4 Å². The predicted octanol–water partition coefficient (Wildman–Crippen LogP) is 7.60. The van der Waals surface area contributed by atoms with Crippen molar-refractivity contribution < 1.29 is 14.3 Å². The lowest BCUT2D eigenvalue weighted by atomic mass is 9.98. The van der Waals surface area contributed by atoms with Crippen molar-refractivity contribution >= 4 is 23.1 Å². The maximum Gasteiger partial charge on any atom is 0.257 e. The van der Waals surface area contributed by atoms with Gasteiger partial charge in [0.25, 0.3) is 5.91 Å². The SMILES string of the molecule is CC/C(C)=C\C1=C(N=C(C)OC)N(C)CCN(Cc2ccc(OC(CCC(C)CC)c3ccsc3)cc2)C1=O. The highest BCUT2D eigenvalue weighted by Gasteiger charge is 2.27. The lowest BCUT2D eigenvalue weighted by molar-refractivity contribution is -0.127. The Hall–Kier alpha value is -3.06. The van der Waals surface area contributed by atoms with Gasteiger partial charge in [-0.2, -0.15) is 16.3 Å². The second kappa shape index (κ2) is 14.9. The van der Waals surface area contributed by atoms with Gasteiger partial charge >= 0.3 is 0 Å². The molecule has 1 aromatic heterocycles. The zero-order valence-corrected chi connectivity index (χ0v) is 25.5. The molecule has 0 saturated carbocycles. The number of rotatable bonds is 12. The fourth-order valence-corrected chi connectivity index (χ4v) is 5.07. The van der Waals surface area contributed by atoms with Crippen LogP contribution in [0.2, 0.25) is 0 Å². The number of hydrogen-bond acceptors (Lipinski definition) is 6. The summed E-state index contributed by atoms with van der Waals surface area (Å²) in [6.07, 6.45) is 6.20. The van der Waals surface area contributed by atoms with Crippen LogP contribution in [-0.2, 0) is 16.1 Å². The molecule has 6 nitrogen and oxygen atoms in total. The smallest absolute Gasteiger partial charge is 0.257 e. The number of benzene rings is 1. The van der Waals surface area contributed by atoms with Gasteiger partial charge in [-0.05, 0) is 72.7 Å². The van der Waals surface area contributed by atoms with Crippen molar-refractivity contribution in [3.05, 3.63) is 75.3 Å². The Bertz CT molecular complexity index is 1150. The van der Waals surface area contributed by atoms with Crippen LogP contribution in [0.4, 0.5) is 0 Å². The lowest BCUT2D eigenvalue weighted by Crippen LogP contribution is -2.33. The number of allylic oxidation sites excluding steroid dienone is 1. The fourth-order valence-electron chi connectivity index (χ4n) is 4.37. The van der Waals surface area contributed by atoms with E-state index in [4.69, 9.17) is 9.47 Å². The van der Waals surface area contributed by atoms with Crippen molar-refractivity contribution in [1.82, 2.24) is 9.80 Å². The minimum Gasteiger partial charge on any atom is -0.486 e. The van der Waals surface area contributed by atoms with Crippen molar-refractivity contribution in [1.29, 1.82) is 0 Å². The number of methoxy groups -OCH3 is 1. The Morgan fingerprint density at radius 1 is 1.13 bits per heavy atom. The molecule has 0 fully saturated rings. The largest absolute Gasteiger partial charge is 0.486 e. The molecule has 212 valence electrons. The Balaban J connectivity index is 1.79. The number of carbonyl (C=O) groups excluding carboxylic acids is 1. The molecule has 0 saturated heterocycles. The van der Waals surface area contributed by atoms with Crippen LogP contribution in [0.1, 0.15) is 77.5 Å². The van der Waals surface area contributed by atoms with Gasteiger partial charge in [0.05, 0.1) is 12.7 Å². The molecule has 1 aliphatic heterocycles. The highest BCUT2D eigenvalue weighted by Crippen LogP contribution is 2.30. The molecule has 0 bridgehead atoms. The van der Waals surface area contributed by atoms with Crippen molar-refractivity contribution in [2.45, 2.75) is 73.0 Å². The van der Waals surface area contributed by atoms with Crippen LogP contribution in [0.3, 0.4) is 0 Å². The van der Waals surface area contributed by atoms with Crippen LogP contribution in [0, 0.1) is 5.92 Å². The molecule has 0 N–H and O–H groups in total. The summed E-state index contributed by atoms with van der Waals surface area (Å²) in [5.41, 5.74) is 4.04. The van der Waals surface area contributed by atoms with Crippen molar-refractivity contribution in [3.63, 3.8) is 0 Å². The minimum absolute atomic E-state index is 0.0160. The first kappa shape index (κ1) is 30.5. The summed E-state index contributed by atoms with van der Waals surface area (Å²) in [5, 5.41) is 4.30. The van der Waals surface area contributed by atoms with Gasteiger partial charge in [-0.3, -0.25) is 4.79 Å². The number of carbonyl (C=O) groups is 1. The summed E-state index contributed by atoms with van der Waals surface area (Å²) in [7, 11) is 3.57. The molecule has 2 aromatic rings. The van der Waals surface area contributed by atoms with Crippen molar-refractivity contribution in [3.8, 4) is 5.75 Å². The zero-order chi connectivity index (χ0) is 28.4. The summed E-state index contributed by atoms with van der Waals surface area (Å²) >= 11 is 1.71. The van der Waals surface area contributed by atoms with Crippen LogP contribution < -0.4 is 4.74 Å². The number of thiophene rings is 1. The number of hydrogen-bond donors (Lipinski definition) is 0. The maximum absolute atomic E-state index is 13.8. The first-order chi connectivity index (χ1) is 18.7. The van der Waals surface area contributed by atoms with Gasteiger partial charge in [0, 0.05) is 39.2 Å². The number of nitrogens with zero attached hydrogens (tertiary/aromatic N) is 3. The first-order valence-corrected chi connectivity index (χ1v) is 15.0. The van der Waals surface area contributed by atoms with E-state index < -0.39 is 0 Å². The number of ether oxygens (including phenoxy) is 2. The highest BCUT2D eigenvalue weighted by atomic mass is 32.1. The van der Waals surface area contributed by atoms with E-state index in [0.717, 1.165) is 36.1 Å². The molecule has 2 unspecified atom stereocenters. The van der Waals surface area contributed by atoms with Gasteiger partial charge in [-0.25, -0.2) is 0 Å². The van der Waals surface area contributed by atoms with E-state index in [1.165, 1.54) is 12.0 Å². The molecule has 0 spiro atoms. The standard InChI is InChI=1S/C32H45N3O3S/c1-8-23(3)10-15-30(27-16-19-39-22-27)38-28-13-11-26(12-14-28)21-35-18-17-34(6)31(33-25(5)37-7)29(32(35)36)20-24(4)9-2/h11-14,16,19-20,22-23,30H,8-10,15,17-18,21H2,1-7H3/b24-20-,33-25?. The molecule has 0 aliphatic carbocycles. The molecule has 1 amide bonds. The van der Waals surface area contributed by atoms with Gasteiger partial charge in [-0.1, -0.05) is 44.9 Å². The molecule has 0 radical (unpaired) electrons. The van der Waals surface area contributed by atoms with Gasteiger partial charge in [0.15, 0.2) is 5.90 Å². The van der Waals surface area contributed by atoms with E-state index in [9.17, 15) is 4.79 Å². The Morgan fingerprint density at radius 3 is 2.49 bits per heavy atom. The summed E-state index contributed by atoms with van der Waals surface area (Å²) in [6.45, 7) is 12.3. The molecule has 7 heteroatoms. The van der Waals surface area contributed by atoms with E-state index in [-0.39, 0.29) is 12.0 Å². The molecule has 1 aliphatic rings. The van der Waals surface area contributed by atoms with Crippen LogP contribution in [0.15, 0.2) is 69.1 Å². The molecular weight excluding hydrogens is 506 g/mol. The normalized spacial score (nSPS) is 16.8. The topological polar surface area (TPSA) is 54.4 Å². The van der Waals surface area contributed by atoms with Crippen LogP contribution in [0.25, 0.3) is 0 Å². The molecule has 2 atom stereocenters. The van der Waals surface area contributed by atoms with Gasteiger partial charge in [0.1, 0.15) is 17.7 Å². The zero-order valence-electron chi connectivity index (χ0n) is 24.7. The third-order valence-corrected chi connectivity index (χ3v) is 8.14. The Kier molecular flexibility index (Phi) is 11.7. The maximum atomic E-state index is 13.8. The minimum atomic E-state index is -0.0160. The summed E-state index contributed by atoms with van der Waals surface area (Å²) < 4.78 is 11.8. The summed E-state index contributed by atoms with van der Waals surface area (Å²) in [4.78, 5) is 22.4. The summed E-state index contributed by atoms with van der Waals surface area (Å²) in [6, 6.07) is 10.4. The molecule has 1 aromatic carbocycles. The van der Waals surface area contributed by atoms with Crippen LogP contribution in [-0.4, -0.2) is 48.9 Å². The average Bonchev–Trinajstić information content (AvgIpc) is 3.46. The quantitative estimate of drug-likeness (QED) is 0.201.